The van der Waals surface area contributed by atoms with Gasteiger partial charge >= 0.3 is 0 Å². The average molecular weight is 194 g/mol. The van der Waals surface area contributed by atoms with Crippen LogP contribution in [0, 0.1) is 5.82 Å². The van der Waals surface area contributed by atoms with Crippen LogP contribution < -0.4 is 4.74 Å². The second-order valence-corrected chi connectivity index (χ2v) is 4.07. The van der Waals surface area contributed by atoms with E-state index in [0.717, 1.165) is 0 Å². The standard InChI is InChI=1S/C11H11FO2/c1-11(2)6-8(13)10-7(12)4-3-5-9(10)14-11/h3-5H,6H2,1-2H3. The lowest BCUT2D eigenvalue weighted by Crippen LogP contribution is -2.36. The normalized spacial score (nSPS) is 18.6. The van der Waals surface area contributed by atoms with Gasteiger partial charge in [0.1, 0.15) is 17.2 Å². The van der Waals surface area contributed by atoms with E-state index in [9.17, 15) is 9.18 Å². The first-order valence-electron chi connectivity index (χ1n) is 4.50. The van der Waals surface area contributed by atoms with Gasteiger partial charge in [-0.25, -0.2) is 4.39 Å². The summed E-state index contributed by atoms with van der Waals surface area (Å²) in [6, 6.07) is 4.44. The Labute approximate surface area is 81.7 Å². The highest BCUT2D eigenvalue weighted by Gasteiger charge is 2.34. The zero-order valence-corrected chi connectivity index (χ0v) is 8.13. The first kappa shape index (κ1) is 9.19. The number of benzene rings is 1. The molecule has 0 saturated heterocycles. The van der Waals surface area contributed by atoms with Gasteiger partial charge in [-0.15, -0.1) is 0 Å². The van der Waals surface area contributed by atoms with E-state index in [0.29, 0.717) is 5.75 Å². The number of Topliss-reactive ketones (excluding diaryl/α,β-unsaturated/α-hetero) is 1. The Morgan fingerprint density at radius 2 is 2.14 bits per heavy atom. The summed E-state index contributed by atoms with van der Waals surface area (Å²) in [5.41, 5.74) is -0.440. The smallest absolute Gasteiger partial charge is 0.173 e. The van der Waals surface area contributed by atoms with Gasteiger partial charge in [0.15, 0.2) is 5.78 Å². The second-order valence-electron chi connectivity index (χ2n) is 4.07. The highest BCUT2D eigenvalue weighted by molar-refractivity contribution is 6.00. The van der Waals surface area contributed by atoms with Crippen molar-refractivity contribution in [2.75, 3.05) is 0 Å². The highest BCUT2D eigenvalue weighted by atomic mass is 19.1. The number of hydrogen-bond acceptors (Lipinski definition) is 2. The summed E-state index contributed by atoms with van der Waals surface area (Å²) in [5.74, 6) is -0.330. The molecule has 1 aromatic rings. The Kier molecular flexibility index (Phi) is 1.84. The molecule has 3 heteroatoms. The zero-order valence-electron chi connectivity index (χ0n) is 8.13. The Bertz CT molecular complexity index is 396. The molecule has 1 aromatic carbocycles. The summed E-state index contributed by atoms with van der Waals surface area (Å²) < 4.78 is 18.8. The van der Waals surface area contributed by atoms with Crippen molar-refractivity contribution in [3.8, 4) is 5.75 Å². The summed E-state index contributed by atoms with van der Waals surface area (Å²) in [5, 5.41) is 0. The van der Waals surface area contributed by atoms with E-state index < -0.39 is 11.4 Å². The second kappa shape index (κ2) is 2.80. The number of rotatable bonds is 0. The van der Waals surface area contributed by atoms with Gasteiger partial charge in [-0.05, 0) is 26.0 Å². The summed E-state index contributed by atoms with van der Waals surface area (Å²) in [7, 11) is 0. The topological polar surface area (TPSA) is 26.3 Å². The maximum Gasteiger partial charge on any atom is 0.173 e. The lowest BCUT2D eigenvalue weighted by Gasteiger charge is -2.31. The van der Waals surface area contributed by atoms with E-state index in [1.807, 2.05) is 13.8 Å². The highest BCUT2D eigenvalue weighted by Crippen LogP contribution is 2.33. The fourth-order valence-electron chi connectivity index (χ4n) is 1.67. The summed E-state index contributed by atoms with van der Waals surface area (Å²) in [6.45, 7) is 3.64. The van der Waals surface area contributed by atoms with E-state index in [-0.39, 0.29) is 17.8 Å². The van der Waals surface area contributed by atoms with Crippen LogP contribution in [0.15, 0.2) is 18.2 Å². The molecule has 0 saturated carbocycles. The molecule has 0 aliphatic carbocycles. The zero-order chi connectivity index (χ0) is 10.3. The number of halogens is 1. The molecule has 1 heterocycles. The first-order valence-corrected chi connectivity index (χ1v) is 4.50. The van der Waals surface area contributed by atoms with Crippen LogP contribution in [0.3, 0.4) is 0 Å². The van der Waals surface area contributed by atoms with E-state index in [4.69, 9.17) is 4.74 Å². The summed E-state index contributed by atoms with van der Waals surface area (Å²) in [4.78, 5) is 11.6. The molecule has 14 heavy (non-hydrogen) atoms. The fraction of sp³-hybridized carbons (Fsp3) is 0.364. The molecule has 0 unspecified atom stereocenters. The number of ether oxygens (including phenoxy) is 1. The van der Waals surface area contributed by atoms with E-state index in [1.165, 1.54) is 6.07 Å². The van der Waals surface area contributed by atoms with Crippen LogP contribution in [0.2, 0.25) is 0 Å². The lowest BCUT2D eigenvalue weighted by atomic mass is 9.93. The SMILES string of the molecule is CC1(C)CC(=O)c2c(F)cccc2O1. The maximum atomic E-state index is 13.3. The van der Waals surface area contributed by atoms with Crippen molar-refractivity contribution in [3.63, 3.8) is 0 Å². The van der Waals surface area contributed by atoms with Crippen LogP contribution in [0.4, 0.5) is 4.39 Å². The third-order valence-electron chi connectivity index (χ3n) is 2.23. The van der Waals surface area contributed by atoms with Gasteiger partial charge in [0.2, 0.25) is 0 Å². The fourth-order valence-corrected chi connectivity index (χ4v) is 1.67. The van der Waals surface area contributed by atoms with E-state index in [1.54, 1.807) is 12.1 Å². The molecule has 1 aliphatic rings. The number of fused-ring (bicyclic) bond motifs is 1. The molecular formula is C11H11FO2. The lowest BCUT2D eigenvalue weighted by molar-refractivity contribution is 0.0611. The monoisotopic (exact) mass is 194 g/mol. The summed E-state index contributed by atoms with van der Waals surface area (Å²) >= 11 is 0. The minimum atomic E-state index is -0.530. The number of hydrogen-bond donors (Lipinski definition) is 0. The van der Waals surface area contributed by atoms with E-state index >= 15 is 0 Å². The van der Waals surface area contributed by atoms with Gasteiger partial charge in [0.25, 0.3) is 0 Å². The van der Waals surface area contributed by atoms with E-state index in [2.05, 4.69) is 0 Å². The van der Waals surface area contributed by atoms with Gasteiger partial charge in [0, 0.05) is 0 Å². The molecule has 2 nitrogen and oxygen atoms in total. The molecule has 1 aliphatic heterocycles. The molecule has 0 aromatic heterocycles. The minimum Gasteiger partial charge on any atom is -0.487 e. The molecule has 2 rings (SSSR count). The van der Waals surface area contributed by atoms with Crippen molar-refractivity contribution >= 4 is 5.78 Å². The Morgan fingerprint density at radius 1 is 1.43 bits per heavy atom. The quantitative estimate of drug-likeness (QED) is 0.634. The first-order chi connectivity index (χ1) is 6.49. The third-order valence-corrected chi connectivity index (χ3v) is 2.23. The molecule has 0 radical (unpaired) electrons. The van der Waals surface area contributed by atoms with Gasteiger partial charge in [-0.2, -0.15) is 0 Å². The minimum absolute atomic E-state index is 0.0897. The Morgan fingerprint density at radius 3 is 2.86 bits per heavy atom. The summed E-state index contributed by atoms with van der Waals surface area (Å²) in [6.07, 6.45) is 0.223. The van der Waals surface area contributed by atoms with Crippen LogP contribution >= 0.6 is 0 Å². The van der Waals surface area contributed by atoms with Crippen molar-refractivity contribution < 1.29 is 13.9 Å². The number of carbonyl (C=O) groups is 1. The van der Waals surface area contributed by atoms with Crippen LogP contribution in [-0.2, 0) is 0 Å². The molecule has 0 bridgehead atoms. The molecule has 74 valence electrons. The maximum absolute atomic E-state index is 13.3. The van der Waals surface area contributed by atoms with Crippen LogP contribution in [0.1, 0.15) is 30.6 Å². The van der Waals surface area contributed by atoms with Gasteiger partial charge < -0.3 is 4.74 Å². The predicted octanol–water partition coefficient (Wildman–Crippen LogP) is 2.57. The third kappa shape index (κ3) is 1.39. The van der Waals surface area contributed by atoms with Crippen molar-refractivity contribution in [1.29, 1.82) is 0 Å². The van der Waals surface area contributed by atoms with Crippen molar-refractivity contribution in [1.82, 2.24) is 0 Å². The molecule has 0 fully saturated rings. The van der Waals surface area contributed by atoms with Crippen molar-refractivity contribution in [3.05, 3.63) is 29.6 Å². The molecular weight excluding hydrogens is 183 g/mol. The molecule has 0 N–H and O–H groups in total. The van der Waals surface area contributed by atoms with Gasteiger partial charge in [-0.3, -0.25) is 4.79 Å². The van der Waals surface area contributed by atoms with Crippen molar-refractivity contribution in [2.45, 2.75) is 25.9 Å². The molecule has 0 atom stereocenters. The van der Waals surface area contributed by atoms with Crippen molar-refractivity contribution in [2.24, 2.45) is 0 Å². The Hall–Kier alpha value is -1.38. The van der Waals surface area contributed by atoms with Gasteiger partial charge in [-0.1, -0.05) is 6.07 Å². The Balaban J connectivity index is 2.56. The largest absolute Gasteiger partial charge is 0.487 e. The number of carbonyl (C=O) groups excluding carboxylic acids is 1. The van der Waals surface area contributed by atoms with Crippen LogP contribution in [-0.4, -0.2) is 11.4 Å². The predicted molar refractivity (Wildman–Crippen MR) is 50.1 cm³/mol. The average Bonchev–Trinajstić information content (AvgIpc) is 2.00. The molecule has 0 amide bonds. The van der Waals surface area contributed by atoms with Crippen LogP contribution in [0.25, 0.3) is 0 Å². The van der Waals surface area contributed by atoms with Gasteiger partial charge in [0.05, 0.1) is 12.0 Å². The van der Waals surface area contributed by atoms with Crippen LogP contribution in [0.5, 0.6) is 5.75 Å². The molecule has 0 spiro atoms. The number of ketones is 1.